The van der Waals surface area contributed by atoms with Gasteiger partial charge >= 0.3 is 5.97 Å². The van der Waals surface area contributed by atoms with Gasteiger partial charge in [-0.25, -0.2) is 4.79 Å². The van der Waals surface area contributed by atoms with Gasteiger partial charge in [0, 0.05) is 23.6 Å². The predicted octanol–water partition coefficient (Wildman–Crippen LogP) is 0.152. The second kappa shape index (κ2) is 10.3. The van der Waals surface area contributed by atoms with E-state index in [4.69, 9.17) is 10.00 Å². The molecule has 0 saturated heterocycles. The number of quaternary nitrogens is 1. The van der Waals surface area contributed by atoms with Crippen molar-refractivity contribution >= 4 is 17.4 Å². The highest BCUT2D eigenvalue weighted by atomic mass is 16.6. The van der Waals surface area contributed by atoms with E-state index in [1.54, 1.807) is 6.07 Å². The lowest BCUT2D eigenvalue weighted by atomic mass is 10.00. The molecule has 28 heavy (non-hydrogen) atoms. The van der Waals surface area contributed by atoms with E-state index in [0.29, 0.717) is 0 Å². The minimum atomic E-state index is -0.977. The number of aromatic nitrogens is 1. The normalized spacial score (nSPS) is 9.50. The van der Waals surface area contributed by atoms with Crippen LogP contribution >= 0.6 is 0 Å². The van der Waals surface area contributed by atoms with Gasteiger partial charge in [-0.2, -0.15) is 5.26 Å². The quantitative estimate of drug-likeness (QED) is 0.328. The molecule has 10 heteroatoms. The summed E-state index contributed by atoms with van der Waals surface area (Å²) in [6.45, 7) is 1.54. The van der Waals surface area contributed by atoms with Crippen LogP contribution in [0.1, 0.15) is 38.9 Å². The van der Waals surface area contributed by atoms with Gasteiger partial charge in [0.25, 0.3) is 5.69 Å². The van der Waals surface area contributed by atoms with Gasteiger partial charge in [-0.05, 0) is 25.1 Å². The first-order valence-electron chi connectivity index (χ1n) is 8.13. The van der Waals surface area contributed by atoms with Gasteiger partial charge < -0.3 is 15.2 Å². The number of non-ortho nitro benzene ring substituents is 1. The number of nitriles is 1. The van der Waals surface area contributed by atoms with E-state index >= 15 is 0 Å². The van der Waals surface area contributed by atoms with E-state index < -0.39 is 33.8 Å². The maximum absolute atomic E-state index is 12.6. The Bertz CT molecular complexity index is 919. The van der Waals surface area contributed by atoms with Crippen LogP contribution in [0.25, 0.3) is 0 Å². The first-order valence-corrected chi connectivity index (χ1v) is 8.13. The van der Waals surface area contributed by atoms with Crippen LogP contribution in [0.4, 0.5) is 5.69 Å². The van der Waals surface area contributed by atoms with Crippen LogP contribution in [0, 0.1) is 21.4 Å². The third kappa shape index (κ3) is 5.33. The molecular formula is C18H18N4O6. The Kier molecular flexibility index (Phi) is 8.20. The summed E-state index contributed by atoms with van der Waals surface area (Å²) in [4.78, 5) is 38.1. The van der Waals surface area contributed by atoms with Crippen LogP contribution in [-0.2, 0) is 4.74 Å². The maximum atomic E-state index is 12.6. The van der Waals surface area contributed by atoms with Crippen molar-refractivity contribution in [3.63, 3.8) is 0 Å². The molecule has 146 valence electrons. The van der Waals surface area contributed by atoms with Crippen LogP contribution in [0.5, 0.6) is 5.88 Å². The summed E-state index contributed by atoms with van der Waals surface area (Å²) in [5.41, 5.74) is -1.38. The number of carbonyl (C=O) groups excluding carboxylic acids is 2. The second-order valence-corrected chi connectivity index (χ2v) is 5.28. The molecular weight excluding hydrogens is 368 g/mol. The molecule has 0 bridgehead atoms. The zero-order valence-electron chi connectivity index (χ0n) is 15.5. The van der Waals surface area contributed by atoms with Crippen molar-refractivity contribution in [3.8, 4) is 11.9 Å². The summed E-state index contributed by atoms with van der Waals surface area (Å²) in [7, 11) is 4.00. The number of hydrogen-bond acceptors (Lipinski definition) is 8. The first-order chi connectivity index (χ1) is 13.3. The van der Waals surface area contributed by atoms with Gasteiger partial charge in [0.2, 0.25) is 0 Å². The molecule has 0 unspecified atom stereocenters. The lowest BCUT2D eigenvalue weighted by Crippen LogP contribution is -2.74. The topological polar surface area (TPSA) is 163 Å². The monoisotopic (exact) mass is 386 g/mol. The molecule has 0 fully saturated rings. The number of nitrogens with zero attached hydrogens (tertiary/aromatic N) is 3. The molecule has 2 rings (SSSR count). The number of esters is 1. The van der Waals surface area contributed by atoms with Crippen LogP contribution in [0.15, 0.2) is 30.3 Å². The third-order valence-corrected chi connectivity index (χ3v) is 3.16. The summed E-state index contributed by atoms with van der Waals surface area (Å²) in [6, 6.07) is 7.21. The fourth-order valence-electron chi connectivity index (χ4n) is 1.99. The Morgan fingerprint density at radius 2 is 1.86 bits per heavy atom. The SMILES string of the molecule is CCOC(=O)c1nc([O-])c(C#N)cc1C(=O)c1ccc([N+](=O)[O-])cc1.C[NH2+]C. The number of pyridine rings is 1. The number of ether oxygens (including phenoxy) is 1. The smallest absolute Gasteiger partial charge is 0.357 e. The van der Waals surface area contributed by atoms with Crippen LogP contribution in [0.3, 0.4) is 0 Å². The third-order valence-electron chi connectivity index (χ3n) is 3.16. The molecule has 0 amide bonds. The number of ketones is 1. The number of benzene rings is 1. The van der Waals surface area contributed by atoms with E-state index in [-0.39, 0.29) is 23.4 Å². The van der Waals surface area contributed by atoms with E-state index in [1.165, 1.54) is 19.1 Å². The standard InChI is InChI=1S/C16H11N3O6.C2H7N/c1-2-25-16(22)13-12(7-10(8-17)15(21)18-13)14(20)9-3-5-11(6-4-9)19(23)24;1-3-2/h3-7H,2H2,1H3,(H,18,21);3H,1-2H3. The van der Waals surface area contributed by atoms with Gasteiger partial charge in [0.15, 0.2) is 11.5 Å². The molecule has 0 radical (unpaired) electrons. The molecule has 2 aromatic rings. The van der Waals surface area contributed by atoms with Crippen molar-refractivity contribution in [3.05, 3.63) is 62.8 Å². The van der Waals surface area contributed by atoms with Gasteiger partial charge in [0.1, 0.15) is 6.07 Å². The lowest BCUT2D eigenvalue weighted by molar-refractivity contribution is -0.597. The summed E-state index contributed by atoms with van der Waals surface area (Å²) < 4.78 is 4.77. The van der Waals surface area contributed by atoms with E-state index in [0.717, 1.165) is 18.2 Å². The first kappa shape index (κ1) is 22.2. The highest BCUT2D eigenvalue weighted by Gasteiger charge is 2.23. The molecule has 1 heterocycles. The van der Waals surface area contributed by atoms with Gasteiger partial charge in [-0.3, -0.25) is 19.9 Å². The second-order valence-electron chi connectivity index (χ2n) is 5.28. The Balaban J connectivity index is 0.00000122. The van der Waals surface area contributed by atoms with Crippen molar-refractivity contribution in [1.29, 1.82) is 5.26 Å². The highest BCUT2D eigenvalue weighted by molar-refractivity contribution is 6.14. The van der Waals surface area contributed by atoms with Crippen molar-refractivity contribution in [1.82, 2.24) is 4.98 Å². The van der Waals surface area contributed by atoms with Crippen LogP contribution < -0.4 is 10.4 Å². The molecule has 0 saturated carbocycles. The number of rotatable bonds is 5. The Labute approximate surface area is 160 Å². The van der Waals surface area contributed by atoms with Crippen LogP contribution in [-0.4, -0.2) is 42.4 Å². The predicted molar refractivity (Wildman–Crippen MR) is 94.7 cm³/mol. The van der Waals surface area contributed by atoms with Gasteiger partial charge in [0.05, 0.1) is 36.8 Å². The van der Waals surface area contributed by atoms with Gasteiger partial charge in [-0.15, -0.1) is 0 Å². The molecule has 0 aliphatic rings. The molecule has 1 aromatic carbocycles. The number of nitro groups is 1. The average molecular weight is 386 g/mol. The fraction of sp³-hybridized carbons (Fsp3) is 0.222. The fourth-order valence-corrected chi connectivity index (χ4v) is 1.99. The number of nitrogens with two attached hydrogens (primary N) is 1. The largest absolute Gasteiger partial charge is 0.858 e. The van der Waals surface area contributed by atoms with E-state index in [2.05, 4.69) is 4.98 Å². The van der Waals surface area contributed by atoms with E-state index in [1.807, 2.05) is 19.4 Å². The molecule has 0 aliphatic heterocycles. The summed E-state index contributed by atoms with van der Waals surface area (Å²) in [6.07, 6.45) is 0. The van der Waals surface area contributed by atoms with Crippen LogP contribution in [0.2, 0.25) is 0 Å². The van der Waals surface area contributed by atoms with Crippen molar-refractivity contribution in [2.24, 2.45) is 0 Å². The van der Waals surface area contributed by atoms with E-state index in [9.17, 15) is 24.8 Å². The molecule has 1 aromatic heterocycles. The summed E-state index contributed by atoms with van der Waals surface area (Å²) in [5.74, 6) is -2.65. The zero-order chi connectivity index (χ0) is 21.3. The summed E-state index contributed by atoms with van der Waals surface area (Å²) >= 11 is 0. The Hall–Kier alpha value is -3.84. The minimum Gasteiger partial charge on any atom is -0.858 e. The molecule has 2 N–H and O–H groups in total. The lowest BCUT2D eigenvalue weighted by Gasteiger charge is -2.13. The van der Waals surface area contributed by atoms with Gasteiger partial charge in [-0.1, -0.05) is 0 Å². The number of carbonyl (C=O) groups is 2. The van der Waals surface area contributed by atoms with Crippen molar-refractivity contribution < 1.29 is 29.7 Å². The van der Waals surface area contributed by atoms with Crippen molar-refractivity contribution in [2.75, 3.05) is 20.7 Å². The Morgan fingerprint density at radius 1 is 1.29 bits per heavy atom. The Morgan fingerprint density at radius 3 is 2.32 bits per heavy atom. The molecule has 0 atom stereocenters. The minimum absolute atomic E-state index is 0.000132. The maximum Gasteiger partial charge on any atom is 0.357 e. The van der Waals surface area contributed by atoms with Crippen molar-refractivity contribution in [2.45, 2.75) is 6.92 Å². The number of nitro benzene ring substituents is 1. The molecule has 0 spiro atoms. The highest BCUT2D eigenvalue weighted by Crippen LogP contribution is 2.21. The molecule has 10 nitrogen and oxygen atoms in total. The zero-order valence-corrected chi connectivity index (χ0v) is 15.5. The average Bonchev–Trinajstić information content (AvgIpc) is 2.68. The summed E-state index contributed by atoms with van der Waals surface area (Å²) in [5, 5.41) is 33.3. The number of hydrogen-bond donors (Lipinski definition) is 1. The molecule has 0 aliphatic carbocycles.